The van der Waals surface area contributed by atoms with Crippen LogP contribution < -0.4 is 10.6 Å². The molecule has 17 heavy (non-hydrogen) atoms. The van der Waals surface area contributed by atoms with Crippen LogP contribution >= 0.6 is 0 Å². The number of hydrogen-bond acceptors (Lipinski definition) is 3. The van der Waals surface area contributed by atoms with Gasteiger partial charge in [-0.1, -0.05) is 6.58 Å². The van der Waals surface area contributed by atoms with Crippen molar-refractivity contribution in [1.29, 1.82) is 0 Å². The summed E-state index contributed by atoms with van der Waals surface area (Å²) in [7, 11) is 0. The van der Waals surface area contributed by atoms with Crippen molar-refractivity contribution >= 4 is 17.8 Å². The van der Waals surface area contributed by atoms with E-state index >= 15 is 0 Å². The van der Waals surface area contributed by atoms with Crippen LogP contribution in [-0.4, -0.2) is 41.4 Å². The lowest BCUT2D eigenvalue weighted by atomic mass is 10.1. The van der Waals surface area contributed by atoms with E-state index in [4.69, 9.17) is 0 Å². The Morgan fingerprint density at radius 1 is 1.47 bits per heavy atom. The second kappa shape index (κ2) is 4.57. The monoisotopic (exact) mass is 239 g/mol. The Morgan fingerprint density at radius 2 is 2.06 bits per heavy atom. The average Bonchev–Trinajstić information content (AvgIpc) is 2.39. The Labute approximate surface area is 100 Å². The van der Waals surface area contributed by atoms with Gasteiger partial charge in [-0.25, -0.2) is 4.79 Å². The van der Waals surface area contributed by atoms with Gasteiger partial charge < -0.3 is 10.6 Å². The molecule has 4 amide bonds. The number of carbonyl (C=O) groups is 3. The lowest BCUT2D eigenvalue weighted by molar-refractivity contribution is -0.130. The fourth-order valence-corrected chi connectivity index (χ4v) is 1.45. The number of rotatable bonds is 4. The van der Waals surface area contributed by atoms with E-state index in [1.165, 1.54) is 0 Å². The van der Waals surface area contributed by atoms with Crippen LogP contribution in [0, 0.1) is 0 Å². The molecular weight excluding hydrogens is 222 g/mol. The molecule has 0 aromatic rings. The normalized spacial score (nSPS) is 17.9. The van der Waals surface area contributed by atoms with Gasteiger partial charge in [-0.3, -0.25) is 14.5 Å². The van der Waals surface area contributed by atoms with Crippen molar-refractivity contribution in [3.63, 3.8) is 0 Å². The van der Waals surface area contributed by atoms with Crippen molar-refractivity contribution in [2.24, 2.45) is 0 Å². The van der Waals surface area contributed by atoms with Gasteiger partial charge in [0, 0.05) is 18.7 Å². The second-order valence-electron chi connectivity index (χ2n) is 4.55. The summed E-state index contributed by atoms with van der Waals surface area (Å²) in [4.78, 5) is 35.5. The highest BCUT2D eigenvalue weighted by atomic mass is 16.2. The molecule has 1 aliphatic rings. The van der Waals surface area contributed by atoms with Crippen molar-refractivity contribution in [3.8, 4) is 0 Å². The Bertz CT molecular complexity index is 387. The van der Waals surface area contributed by atoms with Crippen LogP contribution in [0.5, 0.6) is 0 Å². The first-order valence-corrected chi connectivity index (χ1v) is 5.33. The van der Waals surface area contributed by atoms with Crippen molar-refractivity contribution in [3.05, 3.63) is 12.2 Å². The molecule has 1 fully saturated rings. The van der Waals surface area contributed by atoms with E-state index in [0.29, 0.717) is 5.57 Å². The van der Waals surface area contributed by atoms with E-state index in [1.807, 2.05) is 0 Å². The van der Waals surface area contributed by atoms with Gasteiger partial charge in [-0.15, -0.1) is 0 Å². The number of nitrogens with zero attached hydrogens (tertiary/aromatic N) is 1. The number of carbonyl (C=O) groups excluding carboxylic acids is 3. The third-order valence-corrected chi connectivity index (χ3v) is 2.45. The lowest BCUT2D eigenvalue weighted by Gasteiger charge is -2.16. The molecule has 6 heteroatoms. The second-order valence-corrected chi connectivity index (χ2v) is 4.55. The third kappa shape index (κ3) is 2.83. The van der Waals surface area contributed by atoms with Crippen LogP contribution in [0.3, 0.4) is 0 Å². The molecule has 0 spiro atoms. The summed E-state index contributed by atoms with van der Waals surface area (Å²) >= 11 is 0. The van der Waals surface area contributed by atoms with E-state index in [1.54, 1.807) is 20.8 Å². The molecule has 0 aliphatic carbocycles. The Morgan fingerprint density at radius 3 is 2.47 bits per heavy atom. The van der Waals surface area contributed by atoms with Crippen LogP contribution in [0.1, 0.15) is 20.8 Å². The predicted octanol–water partition coefficient (Wildman–Crippen LogP) is 0.00910. The first kappa shape index (κ1) is 13.2. The lowest BCUT2D eigenvalue weighted by Crippen LogP contribution is -2.41. The van der Waals surface area contributed by atoms with Gasteiger partial charge in [0.2, 0.25) is 5.91 Å². The molecule has 1 heterocycles. The van der Waals surface area contributed by atoms with Gasteiger partial charge in [-0.05, 0) is 20.8 Å². The van der Waals surface area contributed by atoms with Gasteiger partial charge in [0.25, 0.3) is 5.91 Å². The maximum atomic E-state index is 11.8. The molecule has 0 aromatic heterocycles. The van der Waals surface area contributed by atoms with Crippen LogP contribution in [0.25, 0.3) is 0 Å². The summed E-state index contributed by atoms with van der Waals surface area (Å²) in [6, 6.07) is -0.426. The number of hydrogen-bond donors (Lipinski definition) is 2. The van der Waals surface area contributed by atoms with Crippen LogP contribution in [0.4, 0.5) is 4.79 Å². The standard InChI is InChI=1S/C11H17N3O3/c1-7(2)8(15)12-5-6-14-9(16)11(3,4)13-10(14)17/h1,5-6H2,2-4H3,(H,12,15)(H,13,17). The third-order valence-electron chi connectivity index (χ3n) is 2.45. The Kier molecular flexibility index (Phi) is 3.55. The molecule has 94 valence electrons. The Hall–Kier alpha value is -1.85. The largest absolute Gasteiger partial charge is 0.351 e. The van der Waals surface area contributed by atoms with Crippen molar-refractivity contribution < 1.29 is 14.4 Å². The molecule has 0 unspecified atom stereocenters. The van der Waals surface area contributed by atoms with E-state index in [9.17, 15) is 14.4 Å². The summed E-state index contributed by atoms with van der Waals surface area (Å²) in [6.07, 6.45) is 0. The smallest absolute Gasteiger partial charge is 0.325 e. The van der Waals surface area contributed by atoms with E-state index < -0.39 is 11.6 Å². The van der Waals surface area contributed by atoms with Gasteiger partial charge in [0.15, 0.2) is 0 Å². The van der Waals surface area contributed by atoms with E-state index in [-0.39, 0.29) is 24.9 Å². The maximum Gasteiger partial charge on any atom is 0.325 e. The highest BCUT2D eigenvalue weighted by Gasteiger charge is 2.43. The van der Waals surface area contributed by atoms with Gasteiger partial charge in [0.1, 0.15) is 5.54 Å². The molecule has 1 aliphatic heterocycles. The fraction of sp³-hybridized carbons (Fsp3) is 0.545. The molecule has 1 saturated heterocycles. The molecular formula is C11H17N3O3. The zero-order valence-corrected chi connectivity index (χ0v) is 10.3. The molecule has 1 rings (SSSR count). The van der Waals surface area contributed by atoms with E-state index in [0.717, 1.165) is 4.90 Å². The minimum absolute atomic E-state index is 0.160. The predicted molar refractivity (Wildman–Crippen MR) is 62.1 cm³/mol. The molecule has 6 nitrogen and oxygen atoms in total. The molecule has 0 aromatic carbocycles. The first-order chi connectivity index (χ1) is 7.75. The van der Waals surface area contributed by atoms with Gasteiger partial charge in [0.05, 0.1) is 0 Å². The summed E-state index contributed by atoms with van der Waals surface area (Å²) < 4.78 is 0. The summed E-state index contributed by atoms with van der Waals surface area (Å²) in [5.74, 6) is -0.566. The molecule has 0 bridgehead atoms. The molecule has 0 atom stereocenters. The van der Waals surface area contributed by atoms with Gasteiger partial charge >= 0.3 is 6.03 Å². The van der Waals surface area contributed by atoms with Crippen molar-refractivity contribution in [2.45, 2.75) is 26.3 Å². The van der Waals surface area contributed by atoms with Crippen LogP contribution in [0.2, 0.25) is 0 Å². The maximum absolute atomic E-state index is 11.8. The summed E-state index contributed by atoms with van der Waals surface area (Å²) in [5, 5.41) is 5.13. The number of amides is 4. The minimum atomic E-state index is -0.866. The quantitative estimate of drug-likeness (QED) is 0.536. The average molecular weight is 239 g/mol. The van der Waals surface area contributed by atoms with Crippen LogP contribution in [0.15, 0.2) is 12.2 Å². The topological polar surface area (TPSA) is 78.5 Å². The minimum Gasteiger partial charge on any atom is -0.351 e. The molecule has 2 N–H and O–H groups in total. The summed E-state index contributed by atoms with van der Waals surface area (Å²) in [5.41, 5.74) is -0.474. The Balaban J connectivity index is 2.48. The van der Waals surface area contributed by atoms with E-state index in [2.05, 4.69) is 17.2 Å². The fourth-order valence-electron chi connectivity index (χ4n) is 1.45. The number of imide groups is 1. The van der Waals surface area contributed by atoms with Gasteiger partial charge in [-0.2, -0.15) is 0 Å². The zero-order valence-electron chi connectivity index (χ0n) is 10.3. The number of urea groups is 1. The van der Waals surface area contributed by atoms with Crippen LogP contribution in [-0.2, 0) is 9.59 Å². The highest BCUT2D eigenvalue weighted by Crippen LogP contribution is 2.15. The molecule has 0 saturated carbocycles. The van der Waals surface area contributed by atoms with Crippen molar-refractivity contribution in [2.75, 3.05) is 13.1 Å². The van der Waals surface area contributed by atoms with Crippen molar-refractivity contribution in [1.82, 2.24) is 15.5 Å². The first-order valence-electron chi connectivity index (χ1n) is 5.33. The zero-order chi connectivity index (χ0) is 13.2. The number of nitrogens with one attached hydrogen (secondary N) is 2. The highest BCUT2D eigenvalue weighted by molar-refractivity contribution is 6.06. The summed E-state index contributed by atoms with van der Waals surface area (Å²) in [6.45, 7) is 8.74. The SMILES string of the molecule is C=C(C)C(=O)NCCN1C(=O)NC(C)(C)C1=O. The molecule has 0 radical (unpaired) electrons.